The van der Waals surface area contributed by atoms with Gasteiger partial charge in [-0.05, 0) is 49.8 Å². The summed E-state index contributed by atoms with van der Waals surface area (Å²) in [6, 6.07) is 11.4. The topological polar surface area (TPSA) is 24.5 Å². The first kappa shape index (κ1) is 15.0. The van der Waals surface area contributed by atoms with Crippen LogP contribution in [-0.2, 0) is 4.74 Å². The van der Waals surface area contributed by atoms with Crippen LogP contribution in [0.5, 0.6) is 0 Å². The van der Waals surface area contributed by atoms with Crippen LogP contribution >= 0.6 is 0 Å². The third kappa shape index (κ3) is 4.06. The van der Waals surface area contributed by atoms with Crippen molar-refractivity contribution in [2.75, 3.05) is 39.9 Å². The Morgan fingerprint density at radius 1 is 1.29 bits per heavy atom. The molecule has 1 heterocycles. The Morgan fingerprint density at radius 3 is 2.81 bits per heavy atom. The van der Waals surface area contributed by atoms with Crippen molar-refractivity contribution in [3.63, 3.8) is 0 Å². The van der Waals surface area contributed by atoms with Crippen LogP contribution in [-0.4, -0.2) is 44.8 Å². The highest BCUT2D eigenvalue weighted by Crippen LogP contribution is 2.49. The molecule has 1 aliphatic carbocycles. The normalized spacial score (nSPS) is 25.5. The number of hydrogen-bond donors (Lipinski definition) is 1. The summed E-state index contributed by atoms with van der Waals surface area (Å²) in [6.07, 6.45) is 5.25. The molecule has 3 nitrogen and oxygen atoms in total. The van der Waals surface area contributed by atoms with E-state index in [9.17, 15) is 0 Å². The van der Waals surface area contributed by atoms with Crippen LogP contribution in [0, 0.1) is 5.41 Å². The highest BCUT2D eigenvalue weighted by molar-refractivity contribution is 5.19. The maximum absolute atomic E-state index is 5.29. The van der Waals surface area contributed by atoms with Crippen molar-refractivity contribution in [2.45, 2.75) is 31.7 Å². The molecule has 1 atom stereocenters. The molecule has 0 spiro atoms. The van der Waals surface area contributed by atoms with Gasteiger partial charge in [-0.25, -0.2) is 0 Å². The molecular formula is C18H28N2O. The van der Waals surface area contributed by atoms with Gasteiger partial charge in [0.2, 0.25) is 0 Å². The zero-order valence-electron chi connectivity index (χ0n) is 13.2. The molecule has 3 rings (SSSR count). The van der Waals surface area contributed by atoms with E-state index in [4.69, 9.17) is 4.74 Å². The van der Waals surface area contributed by atoms with Crippen molar-refractivity contribution >= 4 is 0 Å². The van der Waals surface area contributed by atoms with Gasteiger partial charge in [0, 0.05) is 32.8 Å². The Balaban J connectivity index is 1.60. The van der Waals surface area contributed by atoms with Crippen LogP contribution in [0.15, 0.2) is 30.3 Å². The second kappa shape index (κ2) is 6.91. The van der Waals surface area contributed by atoms with Crippen LogP contribution in [0.1, 0.15) is 37.3 Å². The Morgan fingerprint density at radius 2 is 2.10 bits per heavy atom. The average Bonchev–Trinajstić information content (AvgIpc) is 3.31. The van der Waals surface area contributed by atoms with Gasteiger partial charge in [-0.15, -0.1) is 0 Å². The maximum atomic E-state index is 5.29. The summed E-state index contributed by atoms with van der Waals surface area (Å²) in [6.45, 7) is 5.65. The van der Waals surface area contributed by atoms with Gasteiger partial charge in [0.05, 0.1) is 0 Å². The van der Waals surface area contributed by atoms with Gasteiger partial charge in [-0.1, -0.05) is 30.3 Å². The Kier molecular flexibility index (Phi) is 4.94. The van der Waals surface area contributed by atoms with Crippen molar-refractivity contribution in [2.24, 2.45) is 5.41 Å². The molecule has 0 bridgehead atoms. The second-order valence-electron chi connectivity index (χ2n) is 6.75. The molecule has 1 saturated carbocycles. The number of nitrogens with zero attached hydrogens (tertiary/aromatic N) is 1. The monoisotopic (exact) mass is 288 g/mol. The van der Waals surface area contributed by atoms with Crippen LogP contribution in [0.3, 0.4) is 0 Å². The molecule has 2 fully saturated rings. The Bertz CT molecular complexity index is 430. The SMILES string of the molecule is COCCC1(CN2CCCNC(c3ccccc3)C2)CC1. The predicted molar refractivity (Wildman–Crippen MR) is 86.4 cm³/mol. The maximum Gasteiger partial charge on any atom is 0.0468 e. The van der Waals surface area contributed by atoms with Gasteiger partial charge >= 0.3 is 0 Å². The highest BCUT2D eigenvalue weighted by atomic mass is 16.5. The lowest BCUT2D eigenvalue weighted by atomic mass is 10.0. The third-order valence-corrected chi connectivity index (χ3v) is 5.04. The Hall–Kier alpha value is -0.900. The van der Waals surface area contributed by atoms with Crippen molar-refractivity contribution in [1.82, 2.24) is 10.2 Å². The molecule has 0 radical (unpaired) electrons. The lowest BCUT2D eigenvalue weighted by Crippen LogP contribution is -2.35. The number of ether oxygens (including phenoxy) is 1. The molecule has 116 valence electrons. The summed E-state index contributed by atoms with van der Waals surface area (Å²) in [5.74, 6) is 0. The van der Waals surface area contributed by atoms with Crippen LogP contribution in [0.4, 0.5) is 0 Å². The van der Waals surface area contributed by atoms with Gasteiger partial charge in [0.25, 0.3) is 0 Å². The van der Waals surface area contributed by atoms with E-state index in [2.05, 4.69) is 40.5 Å². The highest BCUT2D eigenvalue weighted by Gasteiger charge is 2.43. The fourth-order valence-corrected chi connectivity index (χ4v) is 3.50. The first-order chi connectivity index (χ1) is 10.3. The zero-order valence-corrected chi connectivity index (χ0v) is 13.2. The minimum Gasteiger partial charge on any atom is -0.385 e. The summed E-state index contributed by atoms with van der Waals surface area (Å²) < 4.78 is 5.29. The smallest absolute Gasteiger partial charge is 0.0468 e. The number of nitrogens with one attached hydrogen (secondary N) is 1. The van der Waals surface area contributed by atoms with Crippen LogP contribution < -0.4 is 5.32 Å². The molecular weight excluding hydrogens is 260 g/mol. The minimum atomic E-state index is 0.479. The average molecular weight is 288 g/mol. The summed E-state index contributed by atoms with van der Waals surface area (Å²) in [5.41, 5.74) is 1.98. The van der Waals surface area contributed by atoms with Gasteiger partial charge in [-0.3, -0.25) is 0 Å². The molecule has 0 amide bonds. The van der Waals surface area contributed by atoms with E-state index in [1.165, 1.54) is 44.3 Å². The van der Waals surface area contributed by atoms with E-state index in [0.29, 0.717) is 11.5 Å². The van der Waals surface area contributed by atoms with Crippen molar-refractivity contribution in [3.8, 4) is 0 Å². The third-order valence-electron chi connectivity index (χ3n) is 5.04. The first-order valence-electron chi connectivity index (χ1n) is 8.31. The predicted octanol–water partition coefficient (Wildman–Crippen LogP) is 2.84. The molecule has 1 N–H and O–H groups in total. The van der Waals surface area contributed by atoms with E-state index in [1.807, 2.05) is 7.11 Å². The molecule has 0 aromatic heterocycles. The lowest BCUT2D eigenvalue weighted by molar-refractivity contribution is 0.146. The summed E-state index contributed by atoms with van der Waals surface area (Å²) in [5, 5.41) is 3.71. The van der Waals surface area contributed by atoms with E-state index in [1.54, 1.807) is 0 Å². The molecule has 1 aromatic rings. The fraction of sp³-hybridized carbons (Fsp3) is 0.667. The van der Waals surface area contributed by atoms with E-state index >= 15 is 0 Å². The molecule has 2 aliphatic rings. The van der Waals surface area contributed by atoms with E-state index in [0.717, 1.165) is 19.7 Å². The molecule has 1 saturated heterocycles. The Labute approximate surface area is 128 Å². The molecule has 1 unspecified atom stereocenters. The van der Waals surface area contributed by atoms with Crippen molar-refractivity contribution in [1.29, 1.82) is 0 Å². The van der Waals surface area contributed by atoms with Crippen molar-refractivity contribution < 1.29 is 4.74 Å². The number of rotatable bonds is 6. The van der Waals surface area contributed by atoms with Gasteiger partial charge in [0.15, 0.2) is 0 Å². The fourth-order valence-electron chi connectivity index (χ4n) is 3.50. The molecule has 21 heavy (non-hydrogen) atoms. The quantitative estimate of drug-likeness (QED) is 0.871. The second-order valence-corrected chi connectivity index (χ2v) is 6.75. The zero-order chi connectivity index (χ0) is 14.5. The van der Waals surface area contributed by atoms with E-state index in [-0.39, 0.29) is 0 Å². The van der Waals surface area contributed by atoms with E-state index < -0.39 is 0 Å². The van der Waals surface area contributed by atoms with Gasteiger partial charge in [-0.2, -0.15) is 0 Å². The largest absolute Gasteiger partial charge is 0.385 e. The number of benzene rings is 1. The summed E-state index contributed by atoms with van der Waals surface area (Å²) in [4.78, 5) is 2.68. The number of hydrogen-bond acceptors (Lipinski definition) is 3. The number of methoxy groups -OCH3 is 1. The lowest BCUT2D eigenvalue weighted by Gasteiger charge is -2.28. The van der Waals surface area contributed by atoms with Gasteiger partial charge < -0.3 is 15.0 Å². The minimum absolute atomic E-state index is 0.479. The molecule has 1 aliphatic heterocycles. The van der Waals surface area contributed by atoms with Crippen LogP contribution in [0.2, 0.25) is 0 Å². The molecule has 1 aromatic carbocycles. The standard InChI is InChI=1S/C18H28N2O/c1-21-13-10-18(8-9-18)15-20-12-5-11-19-17(14-20)16-6-3-2-4-7-16/h2-4,6-7,17,19H,5,8-15H2,1H3. The van der Waals surface area contributed by atoms with Crippen LogP contribution in [0.25, 0.3) is 0 Å². The molecule has 3 heteroatoms. The summed E-state index contributed by atoms with van der Waals surface area (Å²) in [7, 11) is 1.82. The van der Waals surface area contributed by atoms with Gasteiger partial charge in [0.1, 0.15) is 0 Å². The summed E-state index contributed by atoms with van der Waals surface area (Å²) >= 11 is 0. The first-order valence-corrected chi connectivity index (χ1v) is 8.31. The van der Waals surface area contributed by atoms with Crippen molar-refractivity contribution in [3.05, 3.63) is 35.9 Å².